The van der Waals surface area contributed by atoms with Crippen LogP contribution in [0.1, 0.15) is 18.8 Å². The van der Waals surface area contributed by atoms with E-state index >= 15 is 0 Å². The fraction of sp³-hybridized carbons (Fsp3) is 0.538. The summed E-state index contributed by atoms with van der Waals surface area (Å²) in [4.78, 5) is 49.8. The molecular weight excluding hydrogens is 535 g/mol. The van der Waals surface area contributed by atoms with Crippen LogP contribution in [-0.2, 0) is 31.6 Å². The number of halogens is 1. The SMILES string of the molecule is C#C[C@@]1(Cl)C(O)C([C@@H](C)OP(=O)(O)OP(=O)(O)OP(=O)(O)O)O[C@H]1n1c(C)cc(N)nc1=O. The van der Waals surface area contributed by atoms with Crippen molar-refractivity contribution in [1.82, 2.24) is 9.55 Å². The summed E-state index contributed by atoms with van der Waals surface area (Å²) in [7, 11) is -16.9. The molecule has 0 spiro atoms. The monoisotopic (exact) mass is 553 g/mol. The van der Waals surface area contributed by atoms with Gasteiger partial charge in [0, 0.05) is 5.69 Å². The molecule has 0 bridgehead atoms. The lowest BCUT2D eigenvalue weighted by Crippen LogP contribution is -2.45. The lowest BCUT2D eigenvalue weighted by molar-refractivity contribution is -0.0754. The molecule has 4 unspecified atom stereocenters. The summed E-state index contributed by atoms with van der Waals surface area (Å²) in [6.07, 6.45) is -1.28. The third kappa shape index (κ3) is 6.50. The molecule has 20 heteroatoms. The zero-order valence-electron chi connectivity index (χ0n) is 16.7. The number of aliphatic hydroxyl groups is 1. The number of ether oxygens (including phenoxy) is 1. The van der Waals surface area contributed by atoms with Crippen molar-refractivity contribution in [3.8, 4) is 12.3 Å². The first-order valence-electron chi connectivity index (χ1n) is 8.50. The molecule has 0 amide bonds. The Morgan fingerprint density at radius 1 is 1.30 bits per heavy atom. The third-order valence-electron chi connectivity index (χ3n) is 4.19. The number of aromatic nitrogens is 2. The van der Waals surface area contributed by atoms with Gasteiger partial charge in [-0.3, -0.25) is 9.09 Å². The van der Waals surface area contributed by atoms with Crippen molar-refractivity contribution in [2.45, 2.75) is 43.3 Å². The number of nitrogens with two attached hydrogens (primary N) is 1. The standard InChI is InChI=1S/C13H19ClN3O13P3/c1-4-13(14)10(18)9(27-11(13)17-6(2)5-8(15)16-12(17)19)7(3)28-32(23,24)30-33(25,26)29-31(20,21)22/h1,5,7,9-11,18H,2-3H3,(H,23,24)(H,25,26)(H2,15,16,19)(H2,20,21,22)/t7-,9?,10?,11-,13-/m1/s1. The predicted octanol–water partition coefficient (Wildman–Crippen LogP) is -0.265. The number of alkyl halides is 1. The van der Waals surface area contributed by atoms with E-state index in [1.807, 2.05) is 0 Å². The van der Waals surface area contributed by atoms with Crippen molar-refractivity contribution >= 4 is 40.9 Å². The van der Waals surface area contributed by atoms with E-state index in [-0.39, 0.29) is 11.5 Å². The molecule has 0 saturated carbocycles. The Hall–Kier alpha value is -1.14. The molecule has 0 aromatic carbocycles. The van der Waals surface area contributed by atoms with Crippen LogP contribution in [0.4, 0.5) is 5.82 Å². The summed E-state index contributed by atoms with van der Waals surface area (Å²) >= 11 is 6.34. The number of anilines is 1. The van der Waals surface area contributed by atoms with Gasteiger partial charge in [0.1, 0.15) is 18.0 Å². The Morgan fingerprint density at radius 2 is 1.88 bits per heavy atom. The van der Waals surface area contributed by atoms with Gasteiger partial charge in [0.05, 0.1) is 6.10 Å². The van der Waals surface area contributed by atoms with Crippen LogP contribution < -0.4 is 11.4 Å². The average Bonchev–Trinajstić information content (AvgIpc) is 2.83. The smallest absolute Gasteiger partial charge is 0.387 e. The maximum Gasteiger partial charge on any atom is 0.490 e. The van der Waals surface area contributed by atoms with Crippen molar-refractivity contribution in [3.63, 3.8) is 0 Å². The maximum absolute atomic E-state index is 12.3. The third-order valence-corrected chi connectivity index (χ3v) is 8.63. The van der Waals surface area contributed by atoms with Crippen LogP contribution in [0.15, 0.2) is 10.9 Å². The second kappa shape index (κ2) is 9.49. The van der Waals surface area contributed by atoms with Crippen LogP contribution in [-0.4, -0.2) is 57.4 Å². The zero-order chi connectivity index (χ0) is 25.6. The van der Waals surface area contributed by atoms with E-state index in [0.29, 0.717) is 0 Å². The number of aryl methyl sites for hydroxylation is 1. The van der Waals surface area contributed by atoms with Crippen LogP contribution in [0.2, 0.25) is 0 Å². The van der Waals surface area contributed by atoms with Crippen LogP contribution in [0.25, 0.3) is 0 Å². The Bertz CT molecular complexity index is 1160. The van der Waals surface area contributed by atoms with Crippen molar-refractivity contribution < 1.29 is 56.3 Å². The molecule has 186 valence electrons. The van der Waals surface area contributed by atoms with Crippen LogP contribution in [0, 0.1) is 19.3 Å². The molecule has 2 rings (SSSR count). The molecule has 0 radical (unpaired) electrons. The molecule has 1 aromatic heterocycles. The average molecular weight is 554 g/mol. The van der Waals surface area contributed by atoms with Gasteiger partial charge in [-0.2, -0.15) is 13.6 Å². The Labute approximate surface area is 190 Å². The highest BCUT2D eigenvalue weighted by Gasteiger charge is 2.58. The highest BCUT2D eigenvalue weighted by atomic mass is 35.5. The largest absolute Gasteiger partial charge is 0.490 e. The summed E-state index contributed by atoms with van der Waals surface area (Å²) in [6, 6.07) is 1.29. The van der Waals surface area contributed by atoms with Gasteiger partial charge in [-0.15, -0.1) is 6.42 Å². The van der Waals surface area contributed by atoms with Crippen molar-refractivity contribution in [3.05, 3.63) is 22.2 Å². The second-order valence-corrected chi connectivity index (χ2v) is 11.7. The van der Waals surface area contributed by atoms with Crippen molar-refractivity contribution in [1.29, 1.82) is 0 Å². The Balaban J connectivity index is 2.32. The molecule has 33 heavy (non-hydrogen) atoms. The quantitative estimate of drug-likeness (QED) is 0.138. The summed E-state index contributed by atoms with van der Waals surface area (Å²) in [6.45, 7) is 2.48. The highest BCUT2D eigenvalue weighted by molar-refractivity contribution is 7.66. The van der Waals surface area contributed by atoms with E-state index in [9.17, 15) is 33.4 Å². The van der Waals surface area contributed by atoms with Gasteiger partial charge in [-0.05, 0) is 19.9 Å². The summed E-state index contributed by atoms with van der Waals surface area (Å²) in [5, 5.41) is 10.6. The summed E-state index contributed by atoms with van der Waals surface area (Å²) < 4.78 is 52.5. The van der Waals surface area contributed by atoms with E-state index in [4.69, 9.17) is 38.3 Å². The van der Waals surface area contributed by atoms with E-state index < -0.39 is 58.6 Å². The lowest BCUT2D eigenvalue weighted by Gasteiger charge is -2.27. The molecule has 1 aliphatic heterocycles. The molecule has 1 aliphatic rings. The number of hydrogen-bond donors (Lipinski definition) is 6. The second-order valence-electron chi connectivity index (χ2n) is 6.69. The number of hydrogen-bond acceptors (Lipinski definition) is 11. The molecule has 7 N–H and O–H groups in total. The summed E-state index contributed by atoms with van der Waals surface area (Å²) in [5.41, 5.74) is 4.75. The van der Waals surface area contributed by atoms with E-state index in [2.05, 4.69) is 24.0 Å². The zero-order valence-corrected chi connectivity index (χ0v) is 20.1. The fourth-order valence-electron chi connectivity index (χ4n) is 2.97. The highest BCUT2D eigenvalue weighted by Crippen LogP contribution is 2.66. The van der Waals surface area contributed by atoms with E-state index in [1.54, 1.807) is 0 Å². The van der Waals surface area contributed by atoms with Crippen LogP contribution in [0.3, 0.4) is 0 Å². The minimum absolute atomic E-state index is 0.120. The first-order chi connectivity index (χ1) is 14.8. The van der Waals surface area contributed by atoms with Crippen LogP contribution in [0.5, 0.6) is 0 Å². The van der Waals surface area contributed by atoms with E-state index in [1.165, 1.54) is 13.0 Å². The van der Waals surface area contributed by atoms with Crippen molar-refractivity contribution in [2.75, 3.05) is 5.73 Å². The number of phosphoric ester groups is 1. The summed E-state index contributed by atoms with van der Waals surface area (Å²) in [5.74, 6) is 1.96. The number of terminal acetylenes is 1. The van der Waals surface area contributed by atoms with E-state index in [0.717, 1.165) is 11.5 Å². The van der Waals surface area contributed by atoms with Crippen molar-refractivity contribution in [2.24, 2.45) is 0 Å². The molecule has 1 aromatic rings. The van der Waals surface area contributed by atoms with Gasteiger partial charge >= 0.3 is 29.2 Å². The molecule has 16 nitrogen and oxygen atoms in total. The van der Waals surface area contributed by atoms with Crippen LogP contribution >= 0.6 is 35.1 Å². The predicted molar refractivity (Wildman–Crippen MR) is 109 cm³/mol. The van der Waals surface area contributed by atoms with Gasteiger partial charge in [-0.1, -0.05) is 17.5 Å². The number of nitrogens with zero attached hydrogens (tertiary/aromatic N) is 2. The number of phosphoric acid groups is 3. The van der Waals surface area contributed by atoms with Gasteiger partial charge in [0.25, 0.3) is 0 Å². The van der Waals surface area contributed by atoms with Gasteiger partial charge in [0.15, 0.2) is 11.1 Å². The molecule has 1 fully saturated rings. The number of rotatable bonds is 8. The Morgan fingerprint density at radius 3 is 2.36 bits per heavy atom. The number of nitrogen functional groups attached to an aromatic ring is 1. The minimum Gasteiger partial charge on any atom is -0.387 e. The normalized spacial score (nSPS) is 30.2. The lowest BCUT2D eigenvalue weighted by atomic mass is 9.97. The minimum atomic E-state index is -5.78. The molecule has 2 heterocycles. The first-order valence-corrected chi connectivity index (χ1v) is 13.4. The van der Waals surface area contributed by atoms with Gasteiger partial charge < -0.3 is 35.2 Å². The molecule has 7 atom stereocenters. The van der Waals surface area contributed by atoms with Gasteiger partial charge in [-0.25, -0.2) is 18.5 Å². The maximum atomic E-state index is 12.3. The fourth-order valence-corrected chi connectivity index (χ4v) is 6.44. The first kappa shape index (κ1) is 28.1. The molecule has 1 saturated heterocycles. The number of aliphatic hydroxyl groups excluding tert-OH is 1. The Kier molecular flexibility index (Phi) is 8.08. The molecule has 0 aliphatic carbocycles. The topological polar surface area (TPSA) is 250 Å². The molecular formula is C13H19ClN3O13P3. The van der Waals surface area contributed by atoms with Gasteiger partial charge in [0.2, 0.25) is 0 Å².